The molecule has 0 aliphatic carbocycles. The van der Waals surface area contributed by atoms with Gasteiger partial charge in [-0.1, -0.05) is 42.5 Å². The minimum absolute atomic E-state index is 0.241. The second kappa shape index (κ2) is 9.59. The molecular weight excluding hydrogens is 482 g/mol. The highest BCUT2D eigenvalue weighted by atomic mass is 16.4. The lowest BCUT2D eigenvalue weighted by atomic mass is 9.77. The smallest absolute Gasteiger partial charge is 0.351 e. The number of likely N-dealkylation sites (N-methyl/N-ethyl adjacent to an activating group) is 2. The van der Waals surface area contributed by atoms with E-state index in [0.29, 0.717) is 22.5 Å². The van der Waals surface area contributed by atoms with Gasteiger partial charge >= 0.3 is 5.97 Å². The number of carbonyl (C=O) groups excluding carboxylic acids is 2. The monoisotopic (exact) mass is 511 g/mol. The van der Waals surface area contributed by atoms with Crippen LogP contribution in [0, 0.1) is 0 Å². The molecule has 3 unspecified atom stereocenters. The number of hydrogen-bond acceptors (Lipinski definition) is 5. The lowest BCUT2D eigenvalue weighted by Gasteiger charge is -2.46. The number of carboxylic acids is 1. The molecule has 1 aromatic heterocycles. The van der Waals surface area contributed by atoms with Crippen molar-refractivity contribution in [1.82, 2.24) is 9.88 Å². The fraction of sp³-hybridized carbons (Fsp3) is 0.207. The number of aromatic nitrogens is 1. The van der Waals surface area contributed by atoms with Crippen molar-refractivity contribution >= 4 is 40.1 Å². The van der Waals surface area contributed by atoms with Gasteiger partial charge in [0.2, 0.25) is 11.6 Å². The molecule has 0 bridgehead atoms. The van der Waals surface area contributed by atoms with Crippen LogP contribution in [0.1, 0.15) is 28.3 Å². The van der Waals surface area contributed by atoms with E-state index >= 15 is 0 Å². The maximum atomic E-state index is 13.8. The first-order valence-corrected chi connectivity index (χ1v) is 12.3. The number of benzene rings is 3. The summed E-state index contributed by atoms with van der Waals surface area (Å²) in [6.07, 6.45) is 1.55. The third kappa shape index (κ3) is 4.02. The summed E-state index contributed by atoms with van der Waals surface area (Å²) in [6, 6.07) is 22.6. The second-order valence-corrected chi connectivity index (χ2v) is 9.59. The number of nitrogens with two attached hydrogens (primary N) is 1. The molecule has 9 heteroatoms. The minimum atomic E-state index is -1.72. The van der Waals surface area contributed by atoms with Crippen LogP contribution < -0.4 is 16.0 Å². The molecule has 0 radical (unpaired) electrons. The lowest BCUT2D eigenvalue weighted by Crippen LogP contribution is -2.64. The van der Waals surface area contributed by atoms with Crippen molar-refractivity contribution in [2.45, 2.75) is 24.0 Å². The van der Waals surface area contributed by atoms with Crippen molar-refractivity contribution in [3.05, 3.63) is 96.2 Å². The molecule has 0 fully saturated rings. The number of fused-ring (bicyclic) bond motifs is 2. The number of rotatable bonds is 8. The second-order valence-electron chi connectivity index (χ2n) is 9.59. The zero-order valence-corrected chi connectivity index (χ0v) is 21.1. The molecule has 9 nitrogen and oxygen atoms in total. The third-order valence-corrected chi connectivity index (χ3v) is 7.47. The summed E-state index contributed by atoms with van der Waals surface area (Å²) < 4.78 is 0. The average molecular weight is 512 g/mol. The first-order valence-electron chi connectivity index (χ1n) is 12.3. The molecule has 3 aromatic carbocycles. The Bertz CT molecular complexity index is 1520. The van der Waals surface area contributed by atoms with Gasteiger partial charge in [-0.25, -0.2) is 4.79 Å². The number of carbonyl (C=O) groups is 3. The van der Waals surface area contributed by atoms with E-state index in [2.05, 4.69) is 10.3 Å². The number of hydrogen-bond donors (Lipinski definition) is 4. The molecule has 3 atom stereocenters. The van der Waals surface area contributed by atoms with Gasteiger partial charge < -0.3 is 30.9 Å². The first kappa shape index (κ1) is 24.9. The molecule has 1 aliphatic rings. The molecule has 2 amide bonds. The number of amides is 2. The summed E-state index contributed by atoms with van der Waals surface area (Å²) in [7, 11) is 3.29. The number of H-pyrrole nitrogens is 1. The maximum Gasteiger partial charge on any atom is 0.351 e. The van der Waals surface area contributed by atoms with Crippen LogP contribution in [0.5, 0.6) is 0 Å². The van der Waals surface area contributed by atoms with Gasteiger partial charge in [0.1, 0.15) is 0 Å². The van der Waals surface area contributed by atoms with Gasteiger partial charge in [0.05, 0.1) is 23.3 Å². The Hall–Kier alpha value is -4.79. The summed E-state index contributed by atoms with van der Waals surface area (Å²) in [5, 5.41) is 14.9. The van der Waals surface area contributed by atoms with Crippen LogP contribution in [0.3, 0.4) is 0 Å². The number of primary amides is 1. The van der Waals surface area contributed by atoms with Crippen molar-refractivity contribution in [2.24, 2.45) is 5.73 Å². The molecule has 38 heavy (non-hydrogen) atoms. The predicted molar refractivity (Wildman–Crippen MR) is 146 cm³/mol. The van der Waals surface area contributed by atoms with E-state index in [1.54, 1.807) is 37.3 Å². The van der Waals surface area contributed by atoms with Crippen LogP contribution in [0.2, 0.25) is 0 Å². The van der Waals surface area contributed by atoms with Gasteiger partial charge in [-0.15, -0.1) is 0 Å². The van der Waals surface area contributed by atoms with E-state index in [1.165, 1.54) is 4.90 Å². The van der Waals surface area contributed by atoms with Crippen molar-refractivity contribution in [2.75, 3.05) is 24.3 Å². The first-order chi connectivity index (χ1) is 18.2. The summed E-state index contributed by atoms with van der Waals surface area (Å²) in [5.74, 6) is -3.03. The molecular formula is C29H29N5O4. The summed E-state index contributed by atoms with van der Waals surface area (Å²) >= 11 is 0. The van der Waals surface area contributed by atoms with Gasteiger partial charge in [0.25, 0.3) is 5.91 Å². The third-order valence-electron chi connectivity index (χ3n) is 7.47. The zero-order valence-electron chi connectivity index (χ0n) is 21.1. The van der Waals surface area contributed by atoms with E-state index in [0.717, 1.165) is 10.9 Å². The highest BCUT2D eigenvalue weighted by molar-refractivity contribution is 5.99. The van der Waals surface area contributed by atoms with Gasteiger partial charge in [-0.3, -0.25) is 9.59 Å². The van der Waals surface area contributed by atoms with Crippen molar-refractivity contribution in [3.63, 3.8) is 0 Å². The highest BCUT2D eigenvalue weighted by Crippen LogP contribution is 2.48. The lowest BCUT2D eigenvalue weighted by molar-refractivity contribution is -0.144. The number of aliphatic carboxylic acids is 1. The zero-order chi connectivity index (χ0) is 27.0. The van der Waals surface area contributed by atoms with E-state index in [9.17, 15) is 19.5 Å². The number of carboxylic acid groups (broad SMARTS) is 1. The molecule has 4 aromatic rings. The van der Waals surface area contributed by atoms with E-state index in [-0.39, 0.29) is 12.3 Å². The van der Waals surface area contributed by atoms with E-state index in [1.807, 2.05) is 66.7 Å². The summed E-state index contributed by atoms with van der Waals surface area (Å²) in [5.41, 5.74) is 7.29. The Morgan fingerprint density at radius 1 is 1.03 bits per heavy atom. The SMILES string of the molecule is CN(C(=O)c1ccc2[nH]ccc2c1)C(CC(N)=O)C(c1ccccc1)C1(C(=O)O)Nc2ccccc2N1C. The molecule has 5 N–H and O–H groups in total. The largest absolute Gasteiger partial charge is 0.478 e. The summed E-state index contributed by atoms with van der Waals surface area (Å²) in [4.78, 5) is 45.8. The molecule has 1 aliphatic heterocycles. The Balaban J connectivity index is 1.66. The van der Waals surface area contributed by atoms with Crippen LogP contribution in [0.4, 0.5) is 11.4 Å². The molecule has 0 saturated carbocycles. The number of nitrogens with one attached hydrogen (secondary N) is 2. The maximum absolute atomic E-state index is 13.8. The predicted octanol–water partition coefficient (Wildman–Crippen LogP) is 3.61. The minimum Gasteiger partial charge on any atom is -0.478 e. The Morgan fingerprint density at radius 3 is 2.42 bits per heavy atom. The highest BCUT2D eigenvalue weighted by Gasteiger charge is 2.58. The van der Waals surface area contributed by atoms with E-state index in [4.69, 9.17) is 5.73 Å². The fourth-order valence-corrected chi connectivity index (χ4v) is 5.59. The van der Waals surface area contributed by atoms with Crippen LogP contribution in [-0.4, -0.2) is 58.6 Å². The van der Waals surface area contributed by atoms with Crippen molar-refractivity contribution in [3.8, 4) is 0 Å². The van der Waals surface area contributed by atoms with Gasteiger partial charge in [-0.05, 0) is 42.0 Å². The standard InChI is InChI=1S/C29H29N5O4/c1-33(27(36)20-12-13-21-19(16-20)14-15-31-21)24(17-25(30)35)26(18-8-4-3-5-9-18)29(28(37)38)32-22-10-6-7-11-23(22)34(29)2/h3-16,24,26,31-32H,17H2,1-2H3,(H2,30,35)(H,37,38). The quantitative estimate of drug-likeness (QED) is 0.286. The van der Waals surface area contributed by atoms with Gasteiger partial charge in [-0.2, -0.15) is 0 Å². The number of aromatic amines is 1. The van der Waals surface area contributed by atoms with E-state index < -0.39 is 29.5 Å². The molecule has 194 valence electrons. The Morgan fingerprint density at radius 2 is 1.74 bits per heavy atom. The fourth-order valence-electron chi connectivity index (χ4n) is 5.59. The topological polar surface area (TPSA) is 132 Å². The van der Waals surface area contributed by atoms with Crippen LogP contribution in [0.15, 0.2) is 85.1 Å². The van der Waals surface area contributed by atoms with Crippen molar-refractivity contribution in [1.29, 1.82) is 0 Å². The van der Waals surface area contributed by atoms with Crippen LogP contribution in [0.25, 0.3) is 10.9 Å². The van der Waals surface area contributed by atoms with Gasteiger partial charge in [0, 0.05) is 43.2 Å². The van der Waals surface area contributed by atoms with Crippen molar-refractivity contribution < 1.29 is 19.5 Å². The number of anilines is 2. The molecule has 5 rings (SSSR count). The van der Waals surface area contributed by atoms with Gasteiger partial charge in [0.15, 0.2) is 0 Å². The molecule has 2 heterocycles. The molecule has 0 saturated heterocycles. The Kier molecular flexibility index (Phi) is 6.28. The number of para-hydroxylation sites is 2. The Labute approximate surface area is 219 Å². The normalized spacial score (nSPS) is 17.9. The average Bonchev–Trinajstić information content (AvgIpc) is 3.50. The van der Waals surface area contributed by atoms with Crippen LogP contribution in [-0.2, 0) is 9.59 Å². The summed E-state index contributed by atoms with van der Waals surface area (Å²) in [6.45, 7) is 0. The number of nitrogens with zero attached hydrogens (tertiary/aromatic N) is 2. The molecule has 0 spiro atoms. The van der Waals surface area contributed by atoms with Crippen LogP contribution >= 0.6 is 0 Å².